The van der Waals surface area contributed by atoms with Crippen molar-refractivity contribution in [1.29, 1.82) is 0 Å². The average Bonchev–Trinajstić information content (AvgIpc) is 2.81. The minimum atomic E-state index is -0.0405. The van der Waals surface area contributed by atoms with Crippen LogP contribution in [0.3, 0.4) is 0 Å². The van der Waals surface area contributed by atoms with Crippen molar-refractivity contribution in [3.05, 3.63) is 47.5 Å². The molecule has 1 aromatic heterocycles. The zero-order valence-corrected chi connectivity index (χ0v) is 12.3. The summed E-state index contributed by atoms with van der Waals surface area (Å²) >= 11 is 0. The highest BCUT2D eigenvalue weighted by atomic mass is 16.1. The molecule has 2 aromatic rings. The summed E-state index contributed by atoms with van der Waals surface area (Å²) in [6.07, 6.45) is 2.79. The second kappa shape index (κ2) is 5.52. The number of carbonyl (C=O) groups is 1. The normalized spacial score (nSPS) is 13.1. The maximum atomic E-state index is 11.1. The molecule has 0 atom stereocenters. The van der Waals surface area contributed by atoms with Crippen molar-refractivity contribution >= 4 is 17.3 Å². The first-order chi connectivity index (χ1) is 10.1. The topological polar surface area (TPSA) is 58.1 Å². The monoisotopic (exact) mass is 282 g/mol. The van der Waals surface area contributed by atoms with Crippen molar-refractivity contribution in [2.45, 2.75) is 26.8 Å². The van der Waals surface area contributed by atoms with E-state index in [2.05, 4.69) is 32.3 Å². The minimum absolute atomic E-state index is 0.0405. The predicted octanol–water partition coefficient (Wildman–Crippen LogP) is 2.31. The molecule has 1 aromatic carbocycles. The summed E-state index contributed by atoms with van der Waals surface area (Å²) in [7, 11) is 0. The first kappa shape index (κ1) is 13.5. The molecule has 0 fully saturated rings. The smallest absolute Gasteiger partial charge is 0.221 e. The largest absolute Gasteiger partial charge is 0.365 e. The van der Waals surface area contributed by atoms with Crippen LogP contribution in [0.2, 0.25) is 0 Å². The van der Waals surface area contributed by atoms with Crippen molar-refractivity contribution in [1.82, 2.24) is 9.97 Å². The fourth-order valence-corrected chi connectivity index (χ4v) is 2.70. The van der Waals surface area contributed by atoms with Crippen molar-refractivity contribution in [3.63, 3.8) is 0 Å². The Morgan fingerprint density at radius 2 is 2.24 bits per heavy atom. The molecular weight excluding hydrogens is 264 g/mol. The third-order valence-electron chi connectivity index (χ3n) is 3.58. The van der Waals surface area contributed by atoms with Crippen LogP contribution in [0.15, 0.2) is 30.5 Å². The first-order valence-corrected chi connectivity index (χ1v) is 7.06. The van der Waals surface area contributed by atoms with E-state index < -0.39 is 0 Å². The molecule has 0 unspecified atom stereocenters. The van der Waals surface area contributed by atoms with Crippen molar-refractivity contribution in [3.8, 4) is 0 Å². The summed E-state index contributed by atoms with van der Waals surface area (Å²) in [6.45, 7) is 5.19. The Morgan fingerprint density at radius 3 is 3.00 bits per heavy atom. The summed E-state index contributed by atoms with van der Waals surface area (Å²) < 4.78 is 0. The van der Waals surface area contributed by atoms with Crippen LogP contribution < -0.4 is 10.2 Å². The van der Waals surface area contributed by atoms with E-state index in [1.54, 1.807) is 6.20 Å². The van der Waals surface area contributed by atoms with E-state index in [4.69, 9.17) is 0 Å². The molecule has 0 radical (unpaired) electrons. The van der Waals surface area contributed by atoms with Crippen LogP contribution in [-0.2, 0) is 17.8 Å². The highest BCUT2D eigenvalue weighted by Crippen LogP contribution is 2.31. The Labute approximate surface area is 124 Å². The second-order valence-electron chi connectivity index (χ2n) is 5.29. The molecule has 5 heteroatoms. The van der Waals surface area contributed by atoms with Gasteiger partial charge in [0, 0.05) is 31.0 Å². The number of hydrogen-bond donors (Lipinski definition) is 1. The Bertz CT molecular complexity index is 684. The van der Waals surface area contributed by atoms with E-state index in [1.807, 2.05) is 19.1 Å². The maximum absolute atomic E-state index is 11.1. The van der Waals surface area contributed by atoms with Gasteiger partial charge in [-0.2, -0.15) is 0 Å². The SMILES string of the molecule is CC(=O)Nc1ccc2c(c1)CCN2Cc1ccnc(C)n1. The van der Waals surface area contributed by atoms with E-state index in [9.17, 15) is 4.79 Å². The van der Waals surface area contributed by atoms with Crippen LogP contribution in [0.25, 0.3) is 0 Å². The number of anilines is 2. The van der Waals surface area contributed by atoms with Gasteiger partial charge in [0.15, 0.2) is 0 Å². The Kier molecular flexibility index (Phi) is 3.56. The predicted molar refractivity (Wildman–Crippen MR) is 82.3 cm³/mol. The van der Waals surface area contributed by atoms with E-state index in [-0.39, 0.29) is 5.91 Å². The van der Waals surface area contributed by atoms with Gasteiger partial charge in [0.05, 0.1) is 12.2 Å². The van der Waals surface area contributed by atoms with Gasteiger partial charge in [-0.15, -0.1) is 0 Å². The Hall–Kier alpha value is -2.43. The molecule has 0 spiro atoms. The zero-order valence-electron chi connectivity index (χ0n) is 12.3. The summed E-state index contributed by atoms with van der Waals surface area (Å²) in [5.41, 5.74) is 4.38. The van der Waals surface area contributed by atoms with Gasteiger partial charge >= 0.3 is 0 Å². The summed E-state index contributed by atoms with van der Waals surface area (Å²) in [6, 6.07) is 8.03. The van der Waals surface area contributed by atoms with E-state index in [1.165, 1.54) is 18.2 Å². The van der Waals surface area contributed by atoms with E-state index in [0.29, 0.717) is 0 Å². The lowest BCUT2D eigenvalue weighted by molar-refractivity contribution is -0.114. The van der Waals surface area contributed by atoms with Crippen LogP contribution in [0.4, 0.5) is 11.4 Å². The quantitative estimate of drug-likeness (QED) is 0.938. The molecule has 0 bridgehead atoms. The van der Waals surface area contributed by atoms with Gasteiger partial charge < -0.3 is 10.2 Å². The van der Waals surface area contributed by atoms with E-state index in [0.717, 1.165) is 36.7 Å². The van der Waals surface area contributed by atoms with Crippen molar-refractivity contribution in [2.24, 2.45) is 0 Å². The van der Waals surface area contributed by atoms with Gasteiger partial charge in [0.25, 0.3) is 0 Å². The lowest BCUT2D eigenvalue weighted by Crippen LogP contribution is -2.20. The van der Waals surface area contributed by atoms with E-state index >= 15 is 0 Å². The van der Waals surface area contributed by atoms with Crippen molar-refractivity contribution in [2.75, 3.05) is 16.8 Å². The third-order valence-corrected chi connectivity index (χ3v) is 3.58. The van der Waals surface area contributed by atoms with Gasteiger partial charge in [-0.1, -0.05) is 0 Å². The number of amides is 1. The molecule has 1 aliphatic rings. The number of carbonyl (C=O) groups excluding carboxylic acids is 1. The number of benzene rings is 1. The molecular formula is C16H18N4O. The second-order valence-corrected chi connectivity index (χ2v) is 5.29. The summed E-state index contributed by atoms with van der Waals surface area (Å²) in [5, 5.41) is 2.83. The molecule has 0 saturated carbocycles. The Balaban J connectivity index is 1.79. The number of rotatable bonds is 3. The zero-order chi connectivity index (χ0) is 14.8. The number of nitrogens with zero attached hydrogens (tertiary/aromatic N) is 3. The number of aromatic nitrogens is 2. The first-order valence-electron chi connectivity index (χ1n) is 7.06. The molecule has 2 heterocycles. The van der Waals surface area contributed by atoms with Crippen molar-refractivity contribution < 1.29 is 4.79 Å². The molecule has 3 rings (SSSR count). The van der Waals surface area contributed by atoms with Gasteiger partial charge in [-0.3, -0.25) is 4.79 Å². The molecule has 21 heavy (non-hydrogen) atoms. The van der Waals surface area contributed by atoms with Crippen LogP contribution in [0, 0.1) is 6.92 Å². The molecule has 108 valence electrons. The molecule has 1 aliphatic heterocycles. The number of aryl methyl sites for hydroxylation is 1. The van der Waals surface area contributed by atoms with Gasteiger partial charge in [0.2, 0.25) is 5.91 Å². The van der Waals surface area contributed by atoms with Crippen LogP contribution >= 0.6 is 0 Å². The third kappa shape index (κ3) is 3.02. The number of hydrogen-bond acceptors (Lipinski definition) is 4. The molecule has 0 saturated heterocycles. The lowest BCUT2D eigenvalue weighted by atomic mass is 10.1. The fourth-order valence-electron chi connectivity index (χ4n) is 2.70. The lowest BCUT2D eigenvalue weighted by Gasteiger charge is -2.19. The van der Waals surface area contributed by atoms with Gasteiger partial charge in [-0.25, -0.2) is 9.97 Å². The Morgan fingerprint density at radius 1 is 1.38 bits per heavy atom. The molecule has 1 amide bonds. The number of fused-ring (bicyclic) bond motifs is 1. The average molecular weight is 282 g/mol. The maximum Gasteiger partial charge on any atom is 0.221 e. The molecule has 0 aliphatic carbocycles. The standard InChI is InChI=1S/C16H18N4O/c1-11-17-7-5-15(18-11)10-20-8-6-13-9-14(19-12(2)21)3-4-16(13)20/h3-5,7,9H,6,8,10H2,1-2H3,(H,19,21). The molecule has 1 N–H and O–H groups in total. The molecule has 5 nitrogen and oxygen atoms in total. The highest BCUT2D eigenvalue weighted by molar-refractivity contribution is 5.89. The van der Waals surface area contributed by atoms with Gasteiger partial charge in [-0.05, 0) is 43.2 Å². The number of nitrogens with one attached hydrogen (secondary N) is 1. The highest BCUT2D eigenvalue weighted by Gasteiger charge is 2.20. The van der Waals surface area contributed by atoms with Gasteiger partial charge in [0.1, 0.15) is 5.82 Å². The van der Waals surface area contributed by atoms with Crippen LogP contribution in [-0.4, -0.2) is 22.4 Å². The summed E-state index contributed by atoms with van der Waals surface area (Å²) in [5.74, 6) is 0.759. The minimum Gasteiger partial charge on any atom is -0.365 e. The van der Waals surface area contributed by atoms with Crippen LogP contribution in [0.5, 0.6) is 0 Å². The van der Waals surface area contributed by atoms with Crippen LogP contribution in [0.1, 0.15) is 24.0 Å². The fraction of sp³-hybridized carbons (Fsp3) is 0.312. The summed E-state index contributed by atoms with van der Waals surface area (Å²) in [4.78, 5) is 22.0.